The number of hydrogen-bond acceptors (Lipinski definition) is 4. The van der Waals surface area contributed by atoms with Crippen molar-refractivity contribution in [2.45, 2.75) is 37.6 Å². The Bertz CT molecular complexity index is 1500. The van der Waals surface area contributed by atoms with Crippen molar-refractivity contribution in [3.05, 3.63) is 106 Å². The number of aromatic amines is 1. The SMILES string of the molecule is O=C(C[C@@H]1OCCc2c(C(F)(F)F)n[nH]c21)NC(Cc1cc(F)cc(F)c1)c1ncccc1-c1ccc(Cl)cc1. The van der Waals surface area contributed by atoms with Crippen molar-refractivity contribution in [2.75, 3.05) is 6.61 Å². The maximum atomic E-state index is 14.0. The first-order valence-corrected chi connectivity index (χ1v) is 12.7. The Morgan fingerprint density at radius 2 is 1.85 bits per heavy atom. The molecule has 2 aromatic carbocycles. The fraction of sp³-hybridized carbons (Fsp3) is 0.250. The minimum atomic E-state index is -4.64. The van der Waals surface area contributed by atoms with Crippen LogP contribution < -0.4 is 5.32 Å². The number of amides is 1. The second-order valence-corrected chi connectivity index (χ2v) is 9.76. The first-order valence-electron chi connectivity index (χ1n) is 12.3. The molecule has 2 N–H and O–H groups in total. The minimum Gasteiger partial charge on any atom is -0.371 e. The van der Waals surface area contributed by atoms with E-state index in [-0.39, 0.29) is 42.7 Å². The first kappa shape index (κ1) is 27.7. The number of fused-ring (bicyclic) bond motifs is 1. The highest BCUT2D eigenvalue weighted by Crippen LogP contribution is 2.38. The van der Waals surface area contributed by atoms with Crippen LogP contribution in [-0.4, -0.2) is 27.7 Å². The number of ether oxygens (including phenoxy) is 1. The highest BCUT2D eigenvalue weighted by molar-refractivity contribution is 6.30. The van der Waals surface area contributed by atoms with Crippen molar-refractivity contribution >= 4 is 17.5 Å². The van der Waals surface area contributed by atoms with Crippen molar-refractivity contribution < 1.29 is 31.5 Å². The average molecular weight is 577 g/mol. The van der Waals surface area contributed by atoms with E-state index in [1.165, 1.54) is 6.20 Å². The number of H-pyrrole nitrogens is 1. The average Bonchev–Trinajstić information content (AvgIpc) is 3.34. The first-order chi connectivity index (χ1) is 19.1. The highest BCUT2D eigenvalue weighted by Gasteiger charge is 2.40. The molecule has 6 nitrogen and oxygen atoms in total. The summed E-state index contributed by atoms with van der Waals surface area (Å²) in [5.41, 5.74) is 1.14. The number of aromatic nitrogens is 3. The maximum absolute atomic E-state index is 14.0. The quantitative estimate of drug-likeness (QED) is 0.245. The maximum Gasteiger partial charge on any atom is 0.435 e. The number of halogens is 6. The molecule has 12 heteroatoms. The fourth-order valence-corrected chi connectivity index (χ4v) is 4.98. The van der Waals surface area contributed by atoms with E-state index in [0.29, 0.717) is 16.3 Å². The van der Waals surface area contributed by atoms with Crippen molar-refractivity contribution in [1.29, 1.82) is 0 Å². The van der Waals surface area contributed by atoms with Gasteiger partial charge in [-0.25, -0.2) is 8.78 Å². The Balaban J connectivity index is 1.45. The summed E-state index contributed by atoms with van der Waals surface area (Å²) in [5, 5.41) is 9.16. The largest absolute Gasteiger partial charge is 0.435 e. The van der Waals surface area contributed by atoms with E-state index in [0.717, 1.165) is 23.8 Å². The number of nitrogens with one attached hydrogen (secondary N) is 2. The molecule has 0 radical (unpaired) electrons. The third kappa shape index (κ3) is 6.15. The Labute approximate surface area is 230 Å². The van der Waals surface area contributed by atoms with Gasteiger partial charge in [-0.3, -0.25) is 14.9 Å². The van der Waals surface area contributed by atoms with E-state index < -0.39 is 41.6 Å². The summed E-state index contributed by atoms with van der Waals surface area (Å²) in [5.74, 6) is -2.11. The van der Waals surface area contributed by atoms with E-state index in [1.807, 2.05) is 0 Å². The third-order valence-electron chi connectivity index (χ3n) is 6.55. The Hall–Kier alpha value is -3.83. The lowest BCUT2D eigenvalue weighted by Crippen LogP contribution is -2.33. The van der Waals surface area contributed by atoms with Crippen LogP contribution in [0, 0.1) is 11.6 Å². The normalized spacial score (nSPS) is 15.9. The van der Waals surface area contributed by atoms with Gasteiger partial charge < -0.3 is 10.1 Å². The molecule has 208 valence electrons. The number of hydrogen-bond donors (Lipinski definition) is 2. The minimum absolute atomic E-state index is 0.00490. The molecular weight excluding hydrogens is 555 g/mol. The van der Waals surface area contributed by atoms with Crippen molar-refractivity contribution in [3.8, 4) is 11.1 Å². The van der Waals surface area contributed by atoms with Gasteiger partial charge in [0.25, 0.3) is 0 Å². The molecule has 0 bridgehead atoms. The van der Waals surface area contributed by atoms with Crippen LogP contribution in [0.3, 0.4) is 0 Å². The topological polar surface area (TPSA) is 79.9 Å². The third-order valence-corrected chi connectivity index (χ3v) is 6.80. The Kier molecular flexibility index (Phi) is 7.86. The van der Waals surface area contributed by atoms with Crippen LogP contribution in [0.4, 0.5) is 22.0 Å². The summed E-state index contributed by atoms with van der Waals surface area (Å²) in [6.45, 7) is -0.0134. The molecule has 0 fully saturated rings. The van der Waals surface area contributed by atoms with E-state index in [9.17, 15) is 26.7 Å². The van der Waals surface area contributed by atoms with Crippen LogP contribution in [0.5, 0.6) is 0 Å². The van der Waals surface area contributed by atoms with Gasteiger partial charge in [0.1, 0.15) is 17.7 Å². The highest BCUT2D eigenvalue weighted by atomic mass is 35.5. The van der Waals surface area contributed by atoms with Crippen molar-refractivity contribution in [1.82, 2.24) is 20.5 Å². The Morgan fingerprint density at radius 1 is 1.12 bits per heavy atom. The molecule has 5 rings (SSSR count). The molecule has 2 atom stereocenters. The second-order valence-electron chi connectivity index (χ2n) is 9.32. The van der Waals surface area contributed by atoms with Crippen LogP contribution in [0.2, 0.25) is 5.02 Å². The van der Waals surface area contributed by atoms with Crippen LogP contribution >= 0.6 is 11.6 Å². The molecule has 40 heavy (non-hydrogen) atoms. The van der Waals surface area contributed by atoms with E-state index >= 15 is 0 Å². The number of rotatable bonds is 7. The van der Waals surface area contributed by atoms with E-state index in [4.69, 9.17) is 16.3 Å². The zero-order chi connectivity index (χ0) is 28.4. The lowest BCUT2D eigenvalue weighted by atomic mass is 9.95. The lowest BCUT2D eigenvalue weighted by Gasteiger charge is -2.25. The van der Waals surface area contributed by atoms with Crippen LogP contribution in [0.25, 0.3) is 11.1 Å². The molecule has 1 amide bonds. The summed E-state index contributed by atoms with van der Waals surface area (Å²) >= 11 is 6.04. The van der Waals surface area contributed by atoms with Crippen molar-refractivity contribution in [3.63, 3.8) is 0 Å². The fourth-order valence-electron chi connectivity index (χ4n) is 4.85. The summed E-state index contributed by atoms with van der Waals surface area (Å²) in [6, 6.07) is 12.7. The van der Waals surface area contributed by atoms with Crippen LogP contribution in [0.15, 0.2) is 60.8 Å². The van der Waals surface area contributed by atoms with E-state index in [1.54, 1.807) is 36.4 Å². The number of benzene rings is 2. The standard InChI is InChI=1S/C28H22ClF5N4O2/c29-17-5-3-16(4-6-17)20-2-1-8-35-25(20)22(12-15-10-18(30)13-19(31)11-15)36-24(39)14-23-26-21(7-9-40-23)27(38-37-26)28(32,33)34/h1-6,8,10-11,13,22-23H,7,9,12,14H2,(H,36,39)(H,37,38)/t22?,23-/m0/s1. The second kappa shape index (κ2) is 11.3. The zero-order valence-corrected chi connectivity index (χ0v) is 21.5. The van der Waals surface area contributed by atoms with Gasteiger partial charge in [0, 0.05) is 28.4 Å². The molecule has 0 spiro atoms. The van der Waals surface area contributed by atoms with Gasteiger partial charge in [0.15, 0.2) is 5.69 Å². The Morgan fingerprint density at radius 3 is 2.55 bits per heavy atom. The molecule has 1 unspecified atom stereocenters. The number of pyridine rings is 1. The molecular formula is C28H22ClF5N4O2. The molecule has 2 aromatic heterocycles. The molecule has 4 aromatic rings. The zero-order valence-electron chi connectivity index (χ0n) is 20.7. The van der Waals surface area contributed by atoms with Crippen LogP contribution in [0.1, 0.15) is 46.8 Å². The van der Waals surface area contributed by atoms with E-state index in [2.05, 4.69) is 20.5 Å². The van der Waals surface area contributed by atoms with Gasteiger partial charge in [-0.1, -0.05) is 29.8 Å². The molecule has 3 heterocycles. The van der Waals surface area contributed by atoms with Gasteiger partial charge in [0.2, 0.25) is 5.91 Å². The van der Waals surface area contributed by atoms with Gasteiger partial charge >= 0.3 is 6.18 Å². The predicted molar refractivity (Wildman–Crippen MR) is 136 cm³/mol. The molecule has 0 saturated carbocycles. The number of nitrogens with zero attached hydrogens (tertiary/aromatic N) is 2. The summed E-state index contributed by atoms with van der Waals surface area (Å²) in [4.78, 5) is 17.8. The van der Waals surface area contributed by atoms with Gasteiger partial charge in [-0.15, -0.1) is 0 Å². The summed E-state index contributed by atoms with van der Waals surface area (Å²) in [7, 11) is 0. The number of carbonyl (C=O) groups is 1. The summed E-state index contributed by atoms with van der Waals surface area (Å²) in [6.07, 6.45) is -4.43. The molecule has 0 saturated heterocycles. The number of carbonyl (C=O) groups excluding carboxylic acids is 1. The smallest absolute Gasteiger partial charge is 0.371 e. The molecule has 0 aliphatic carbocycles. The summed E-state index contributed by atoms with van der Waals surface area (Å²) < 4.78 is 73.7. The number of alkyl halides is 3. The van der Waals surface area contributed by atoms with Gasteiger partial charge in [-0.05, 0) is 54.3 Å². The van der Waals surface area contributed by atoms with Gasteiger partial charge in [0.05, 0.1) is 30.5 Å². The van der Waals surface area contributed by atoms with Crippen LogP contribution in [-0.2, 0) is 28.5 Å². The molecule has 1 aliphatic rings. The van der Waals surface area contributed by atoms with Crippen molar-refractivity contribution in [2.24, 2.45) is 0 Å². The van der Waals surface area contributed by atoms with Gasteiger partial charge in [-0.2, -0.15) is 18.3 Å². The monoisotopic (exact) mass is 576 g/mol. The lowest BCUT2D eigenvalue weighted by molar-refractivity contribution is -0.142. The molecule has 1 aliphatic heterocycles. The predicted octanol–water partition coefficient (Wildman–Crippen LogP) is 6.53.